The highest BCUT2D eigenvalue weighted by Gasteiger charge is 2.40. The van der Waals surface area contributed by atoms with Crippen LogP contribution >= 0.6 is 0 Å². The lowest BCUT2D eigenvalue weighted by molar-refractivity contribution is -0.618. The van der Waals surface area contributed by atoms with Crippen molar-refractivity contribution < 1.29 is 20.1 Å². The SMILES string of the molecule is O=[N+]([O-])C(=C1N[C@H](O)[C@@H](O)N1)[N+](=O)[O-]. The summed E-state index contributed by atoms with van der Waals surface area (Å²) >= 11 is 0. The van der Waals surface area contributed by atoms with Crippen molar-refractivity contribution in [2.45, 2.75) is 12.5 Å². The standard InChI is InChI=1S/C4H6N4O6/c9-2-3(10)6-1(5-2)4(7(11)12)8(13)14/h2-3,5-6,9-10H/t2-,3-/m1/s1. The van der Waals surface area contributed by atoms with E-state index in [-0.39, 0.29) is 0 Å². The Labute approximate surface area is 76.1 Å². The summed E-state index contributed by atoms with van der Waals surface area (Å²) in [7, 11) is 0. The Balaban J connectivity index is 3.02. The summed E-state index contributed by atoms with van der Waals surface area (Å²) in [4.78, 5) is 17.9. The zero-order valence-corrected chi connectivity index (χ0v) is 6.58. The van der Waals surface area contributed by atoms with Gasteiger partial charge in [-0.2, -0.15) is 0 Å². The summed E-state index contributed by atoms with van der Waals surface area (Å²) in [6.45, 7) is 0. The van der Waals surface area contributed by atoms with Crippen LogP contribution < -0.4 is 10.6 Å². The van der Waals surface area contributed by atoms with Crippen LogP contribution in [0.2, 0.25) is 0 Å². The molecule has 0 aromatic carbocycles. The van der Waals surface area contributed by atoms with Gasteiger partial charge in [0.25, 0.3) is 5.82 Å². The van der Waals surface area contributed by atoms with E-state index in [1.54, 1.807) is 0 Å². The topological polar surface area (TPSA) is 151 Å². The van der Waals surface area contributed by atoms with Gasteiger partial charge in [0.15, 0.2) is 12.5 Å². The van der Waals surface area contributed by atoms with Gasteiger partial charge >= 0.3 is 5.82 Å². The van der Waals surface area contributed by atoms with Gasteiger partial charge in [0, 0.05) is 0 Å². The average molecular weight is 206 g/mol. The fourth-order valence-corrected chi connectivity index (χ4v) is 0.874. The molecule has 4 N–H and O–H groups in total. The molecular weight excluding hydrogens is 200 g/mol. The number of aliphatic hydroxyl groups excluding tert-OH is 2. The van der Waals surface area contributed by atoms with Gasteiger partial charge in [0.2, 0.25) is 0 Å². The van der Waals surface area contributed by atoms with Gasteiger partial charge in [-0.1, -0.05) is 0 Å². The van der Waals surface area contributed by atoms with E-state index in [0.717, 1.165) is 0 Å². The molecule has 0 spiro atoms. The van der Waals surface area contributed by atoms with Gasteiger partial charge in [-0.25, -0.2) is 0 Å². The molecule has 0 amide bonds. The minimum atomic E-state index is -1.51. The van der Waals surface area contributed by atoms with Gasteiger partial charge in [-0.05, 0) is 0 Å². The van der Waals surface area contributed by atoms with E-state index in [1.165, 1.54) is 0 Å². The van der Waals surface area contributed by atoms with Gasteiger partial charge < -0.3 is 20.8 Å². The number of nitrogens with zero attached hydrogens (tertiary/aromatic N) is 2. The van der Waals surface area contributed by atoms with Crippen LogP contribution in [0.4, 0.5) is 0 Å². The molecule has 0 bridgehead atoms. The van der Waals surface area contributed by atoms with Crippen molar-refractivity contribution in [3.05, 3.63) is 31.9 Å². The lowest BCUT2D eigenvalue weighted by atomic mass is 10.5. The van der Waals surface area contributed by atoms with Gasteiger partial charge in [-0.3, -0.25) is 20.2 Å². The van der Waals surface area contributed by atoms with Crippen molar-refractivity contribution >= 4 is 0 Å². The molecule has 0 radical (unpaired) electrons. The second-order valence-electron chi connectivity index (χ2n) is 2.39. The predicted octanol–water partition coefficient (Wildman–Crippen LogP) is -2.50. The van der Waals surface area contributed by atoms with E-state index in [0.29, 0.717) is 0 Å². The Hall–Kier alpha value is -1.94. The summed E-state index contributed by atoms with van der Waals surface area (Å²) in [5.74, 6) is -1.99. The molecule has 0 aromatic heterocycles. The summed E-state index contributed by atoms with van der Waals surface area (Å²) in [6, 6.07) is 0. The monoisotopic (exact) mass is 206 g/mol. The number of rotatable bonds is 2. The van der Waals surface area contributed by atoms with E-state index in [4.69, 9.17) is 10.2 Å². The Morgan fingerprint density at radius 2 is 1.50 bits per heavy atom. The number of aliphatic hydroxyl groups is 2. The van der Waals surface area contributed by atoms with E-state index in [1.807, 2.05) is 10.6 Å². The van der Waals surface area contributed by atoms with E-state index in [2.05, 4.69) is 0 Å². The van der Waals surface area contributed by atoms with Crippen LogP contribution in [-0.2, 0) is 0 Å². The largest absolute Gasteiger partial charge is 0.599 e. The lowest BCUT2D eigenvalue weighted by Crippen LogP contribution is -2.32. The summed E-state index contributed by atoms with van der Waals surface area (Å²) in [5.41, 5.74) is 0. The first-order valence-electron chi connectivity index (χ1n) is 3.35. The Morgan fingerprint density at radius 3 is 1.79 bits per heavy atom. The number of nitro groups is 2. The normalized spacial score (nSPS) is 25.1. The molecule has 0 aliphatic carbocycles. The molecule has 1 saturated heterocycles. The van der Waals surface area contributed by atoms with Crippen molar-refractivity contribution in [1.82, 2.24) is 10.6 Å². The molecule has 0 unspecified atom stereocenters. The summed E-state index contributed by atoms with van der Waals surface area (Å²) < 4.78 is 0. The van der Waals surface area contributed by atoms with E-state index < -0.39 is 33.9 Å². The van der Waals surface area contributed by atoms with Gasteiger partial charge in [0.05, 0.1) is 0 Å². The molecule has 78 valence electrons. The van der Waals surface area contributed by atoms with E-state index >= 15 is 0 Å². The molecule has 10 heteroatoms. The van der Waals surface area contributed by atoms with E-state index in [9.17, 15) is 20.2 Å². The second-order valence-corrected chi connectivity index (χ2v) is 2.39. The maximum Gasteiger partial charge on any atom is 0.599 e. The molecule has 1 aliphatic rings. The third-order valence-corrected chi connectivity index (χ3v) is 1.45. The van der Waals surface area contributed by atoms with Crippen LogP contribution in [0, 0.1) is 20.2 Å². The zero-order valence-electron chi connectivity index (χ0n) is 6.58. The van der Waals surface area contributed by atoms with Gasteiger partial charge in [-0.15, -0.1) is 0 Å². The highest BCUT2D eigenvalue weighted by atomic mass is 16.7. The Morgan fingerprint density at radius 1 is 1.14 bits per heavy atom. The van der Waals surface area contributed by atoms with Crippen molar-refractivity contribution in [2.75, 3.05) is 0 Å². The first-order chi connectivity index (χ1) is 6.43. The van der Waals surface area contributed by atoms with Crippen molar-refractivity contribution in [3.8, 4) is 0 Å². The first-order valence-corrected chi connectivity index (χ1v) is 3.35. The first kappa shape index (κ1) is 10.1. The average Bonchev–Trinajstić information content (AvgIpc) is 2.29. The molecule has 2 atom stereocenters. The van der Waals surface area contributed by atoms with Crippen LogP contribution in [0.5, 0.6) is 0 Å². The molecule has 0 aromatic rings. The van der Waals surface area contributed by atoms with Crippen LogP contribution in [-0.4, -0.2) is 32.5 Å². The number of nitrogens with one attached hydrogen (secondary N) is 2. The molecule has 14 heavy (non-hydrogen) atoms. The van der Waals surface area contributed by atoms with Crippen LogP contribution in [0.15, 0.2) is 11.6 Å². The number of hydrogen-bond acceptors (Lipinski definition) is 8. The molecule has 1 rings (SSSR count). The van der Waals surface area contributed by atoms with Gasteiger partial charge in [0.1, 0.15) is 9.85 Å². The fourth-order valence-electron chi connectivity index (χ4n) is 0.874. The predicted molar refractivity (Wildman–Crippen MR) is 39.3 cm³/mol. The Kier molecular flexibility index (Phi) is 2.49. The molecule has 1 fully saturated rings. The minimum absolute atomic E-state index is 0.625. The van der Waals surface area contributed by atoms with Crippen molar-refractivity contribution in [1.29, 1.82) is 0 Å². The van der Waals surface area contributed by atoms with Crippen LogP contribution in [0.3, 0.4) is 0 Å². The second kappa shape index (κ2) is 3.43. The quantitative estimate of drug-likeness (QED) is 0.285. The van der Waals surface area contributed by atoms with Crippen molar-refractivity contribution in [3.63, 3.8) is 0 Å². The zero-order chi connectivity index (χ0) is 10.9. The highest BCUT2D eigenvalue weighted by molar-refractivity contribution is 5.05. The molecule has 0 saturated carbocycles. The van der Waals surface area contributed by atoms with Crippen LogP contribution in [0.1, 0.15) is 0 Å². The summed E-state index contributed by atoms with van der Waals surface area (Å²) in [5, 5.41) is 42.1. The lowest BCUT2D eigenvalue weighted by Gasteiger charge is -2.02. The molecular formula is C4H6N4O6. The third kappa shape index (κ3) is 1.70. The fraction of sp³-hybridized carbons (Fsp3) is 0.500. The molecule has 10 nitrogen and oxygen atoms in total. The number of hydrogen-bond donors (Lipinski definition) is 4. The summed E-state index contributed by atoms with van der Waals surface area (Å²) in [6.07, 6.45) is -3.03. The Bertz CT molecular complexity index is 285. The molecule has 1 aliphatic heterocycles. The van der Waals surface area contributed by atoms with Crippen molar-refractivity contribution in [2.24, 2.45) is 0 Å². The minimum Gasteiger partial charge on any atom is -0.369 e. The maximum atomic E-state index is 10.2. The maximum absolute atomic E-state index is 10.2. The highest BCUT2D eigenvalue weighted by Crippen LogP contribution is 2.08. The smallest absolute Gasteiger partial charge is 0.369 e. The third-order valence-electron chi connectivity index (χ3n) is 1.45. The molecule has 1 heterocycles. The van der Waals surface area contributed by atoms with Crippen LogP contribution in [0.25, 0.3) is 0 Å².